The minimum atomic E-state index is -0.651. The Labute approximate surface area is 59.3 Å². The summed E-state index contributed by atoms with van der Waals surface area (Å²) in [5.74, 6) is -0.0458. The van der Waals surface area contributed by atoms with Gasteiger partial charge in [0.1, 0.15) is 0 Å². The third-order valence-corrected chi connectivity index (χ3v) is 1.81. The highest BCUT2D eigenvalue weighted by Gasteiger charge is 2.26. The molecule has 0 unspecified atom stereocenters. The molecule has 1 rings (SSSR count). The Morgan fingerprint density at radius 3 is 2.78 bits per heavy atom. The lowest BCUT2D eigenvalue weighted by Gasteiger charge is -2.01. The van der Waals surface area contributed by atoms with Gasteiger partial charge in [-0.2, -0.15) is 0 Å². The highest BCUT2D eigenvalue weighted by molar-refractivity contribution is 5.69. The topological polar surface area (TPSA) is 37.3 Å². The van der Waals surface area contributed by atoms with Crippen molar-refractivity contribution in [2.45, 2.75) is 26.2 Å². The molecule has 1 N–H and O–H groups in total. The van der Waals surface area contributed by atoms with E-state index in [-0.39, 0.29) is 10.2 Å². The summed E-state index contributed by atoms with van der Waals surface area (Å²) < 4.78 is 0. The molecule has 1 saturated carbocycles. The van der Waals surface area contributed by atoms with Gasteiger partial charge < -0.3 is 5.11 Å². The molecule has 0 spiro atoms. The normalized spacial score (nSPS) is 21.4. The summed E-state index contributed by atoms with van der Waals surface area (Å²) in [7, 11) is 0. The maximum absolute atomic E-state index is 10.3. The van der Waals surface area contributed by atoms with Crippen LogP contribution in [0.2, 0.25) is 0 Å². The largest absolute Gasteiger partial charge is 0.481 e. The first-order chi connectivity index (χ1) is 4.20. The molecule has 0 amide bonds. The Hall–Kier alpha value is -0.530. The molecule has 0 aromatic heterocycles. The predicted octanol–water partition coefficient (Wildman–Crippen LogP) is 2.25. The molecule has 0 bridgehead atoms. The number of carboxylic acid groups (broad SMARTS) is 1. The Morgan fingerprint density at radius 1 is 1.89 bits per heavy atom. The van der Waals surface area contributed by atoms with Gasteiger partial charge in [0.05, 0.1) is 5.92 Å². The van der Waals surface area contributed by atoms with Crippen molar-refractivity contribution in [3.8, 4) is 0 Å². The van der Waals surface area contributed by atoms with E-state index in [0.29, 0.717) is 0 Å². The zero-order valence-corrected chi connectivity index (χ0v) is 5.63. The van der Waals surface area contributed by atoms with Crippen LogP contribution in [0, 0.1) is 11.8 Å². The van der Waals surface area contributed by atoms with Crippen molar-refractivity contribution in [2.75, 3.05) is 0 Å². The molecule has 0 aliphatic heterocycles. The van der Waals surface area contributed by atoms with Gasteiger partial charge >= 0.3 is 5.97 Å². The van der Waals surface area contributed by atoms with Crippen LogP contribution in [-0.2, 0) is 4.79 Å². The van der Waals surface area contributed by atoms with Crippen LogP contribution in [0.25, 0.3) is 0 Å². The maximum atomic E-state index is 10.3. The van der Waals surface area contributed by atoms with E-state index in [0.717, 1.165) is 12.3 Å². The SMILES string of the molecule is C[C@@H](CC1CC1)C(=O)O.[HH].[HH].[HH]. The number of aliphatic carboxylic acids is 1. The molecule has 0 heterocycles. The molecular weight excluding hydrogens is 116 g/mol. The predicted molar refractivity (Wildman–Crippen MR) is 40.5 cm³/mol. The van der Waals surface area contributed by atoms with Crippen molar-refractivity contribution in [3.63, 3.8) is 0 Å². The molecule has 1 aliphatic rings. The molecule has 1 aliphatic carbocycles. The Balaban J connectivity index is -0.000000270. The van der Waals surface area contributed by atoms with E-state index >= 15 is 0 Å². The van der Waals surface area contributed by atoms with Crippen LogP contribution in [0.4, 0.5) is 0 Å². The number of hydrogen-bond acceptors (Lipinski definition) is 1. The number of rotatable bonds is 3. The van der Waals surface area contributed by atoms with Gasteiger partial charge in [0, 0.05) is 4.28 Å². The summed E-state index contributed by atoms with van der Waals surface area (Å²) in [6.07, 6.45) is 3.38. The third-order valence-electron chi connectivity index (χ3n) is 1.81. The summed E-state index contributed by atoms with van der Waals surface area (Å²) in [5, 5.41) is 8.46. The van der Waals surface area contributed by atoms with Crippen LogP contribution in [-0.4, -0.2) is 11.1 Å². The van der Waals surface area contributed by atoms with Gasteiger partial charge in [0.15, 0.2) is 0 Å². The molecule has 2 heteroatoms. The first-order valence-corrected chi connectivity index (χ1v) is 3.43. The molecule has 58 valence electrons. The minimum absolute atomic E-state index is 0. The lowest BCUT2D eigenvalue weighted by atomic mass is 10.1. The van der Waals surface area contributed by atoms with Gasteiger partial charge in [-0.25, -0.2) is 0 Å². The van der Waals surface area contributed by atoms with E-state index in [1.54, 1.807) is 6.92 Å². The van der Waals surface area contributed by atoms with E-state index < -0.39 is 5.97 Å². The fourth-order valence-electron chi connectivity index (χ4n) is 0.954. The van der Waals surface area contributed by atoms with E-state index in [2.05, 4.69) is 0 Å². The highest BCUT2D eigenvalue weighted by atomic mass is 16.4. The Morgan fingerprint density at radius 2 is 2.44 bits per heavy atom. The molecule has 0 aromatic rings. The van der Waals surface area contributed by atoms with Crippen molar-refractivity contribution in [3.05, 3.63) is 0 Å². The average Bonchev–Trinajstić information content (AvgIpc) is 2.50. The van der Waals surface area contributed by atoms with E-state index in [9.17, 15) is 4.79 Å². The van der Waals surface area contributed by atoms with Gasteiger partial charge in [0.2, 0.25) is 0 Å². The fraction of sp³-hybridized carbons (Fsp3) is 0.857. The quantitative estimate of drug-likeness (QED) is 0.642. The van der Waals surface area contributed by atoms with Gasteiger partial charge in [0.25, 0.3) is 0 Å². The van der Waals surface area contributed by atoms with Crippen LogP contribution in [0.5, 0.6) is 0 Å². The lowest BCUT2D eigenvalue weighted by molar-refractivity contribution is -0.141. The fourth-order valence-corrected chi connectivity index (χ4v) is 0.954. The van der Waals surface area contributed by atoms with Crippen LogP contribution in [0.15, 0.2) is 0 Å². The third kappa shape index (κ3) is 2.04. The zero-order chi connectivity index (χ0) is 6.85. The number of carboxylic acids is 1. The van der Waals surface area contributed by atoms with Gasteiger partial charge in [-0.1, -0.05) is 19.8 Å². The number of hydrogen-bond donors (Lipinski definition) is 1. The lowest BCUT2D eigenvalue weighted by Crippen LogP contribution is -2.09. The molecule has 0 radical (unpaired) electrons. The Bertz CT molecular complexity index is 126. The second-order valence-corrected chi connectivity index (χ2v) is 2.92. The van der Waals surface area contributed by atoms with E-state index in [1.165, 1.54) is 12.8 Å². The summed E-state index contributed by atoms with van der Waals surface area (Å²) in [5.41, 5.74) is 0. The van der Waals surface area contributed by atoms with Crippen molar-refractivity contribution >= 4 is 5.97 Å². The van der Waals surface area contributed by atoms with Crippen molar-refractivity contribution < 1.29 is 14.2 Å². The van der Waals surface area contributed by atoms with E-state index in [4.69, 9.17) is 5.11 Å². The van der Waals surface area contributed by atoms with Crippen LogP contribution < -0.4 is 0 Å². The standard InChI is InChI=1S/C7H12O2.3H2/c1-5(7(8)9)4-6-2-3-6;;;/h5-6H,2-4H2,1H3,(H,8,9);3*1H/t5-;;;/m0.../s1. The van der Waals surface area contributed by atoms with Gasteiger partial charge in [-0.15, -0.1) is 0 Å². The van der Waals surface area contributed by atoms with Crippen LogP contribution in [0.1, 0.15) is 30.5 Å². The second kappa shape index (κ2) is 2.38. The van der Waals surface area contributed by atoms with Crippen molar-refractivity contribution in [1.82, 2.24) is 0 Å². The van der Waals surface area contributed by atoms with Gasteiger partial charge in [-0.05, 0) is 12.3 Å². The molecular formula is C7H18O2. The monoisotopic (exact) mass is 134 g/mol. The van der Waals surface area contributed by atoms with Crippen LogP contribution >= 0.6 is 0 Å². The van der Waals surface area contributed by atoms with E-state index in [1.807, 2.05) is 0 Å². The summed E-state index contributed by atoms with van der Waals surface area (Å²) in [6.45, 7) is 1.78. The second-order valence-electron chi connectivity index (χ2n) is 2.92. The smallest absolute Gasteiger partial charge is 0.306 e. The van der Waals surface area contributed by atoms with Crippen molar-refractivity contribution in [1.29, 1.82) is 0 Å². The van der Waals surface area contributed by atoms with Crippen LogP contribution in [0.3, 0.4) is 0 Å². The summed E-state index contributed by atoms with van der Waals surface area (Å²) in [4.78, 5) is 10.3. The molecule has 2 nitrogen and oxygen atoms in total. The summed E-state index contributed by atoms with van der Waals surface area (Å²) in [6, 6.07) is 0. The zero-order valence-electron chi connectivity index (χ0n) is 5.63. The maximum Gasteiger partial charge on any atom is 0.306 e. The minimum Gasteiger partial charge on any atom is -0.481 e. The Kier molecular flexibility index (Phi) is 1.74. The molecule has 1 fully saturated rings. The highest BCUT2D eigenvalue weighted by Crippen LogP contribution is 2.35. The molecule has 0 aromatic carbocycles. The summed E-state index contributed by atoms with van der Waals surface area (Å²) >= 11 is 0. The first-order valence-electron chi connectivity index (χ1n) is 3.43. The number of carbonyl (C=O) groups is 1. The van der Waals surface area contributed by atoms with Crippen molar-refractivity contribution in [2.24, 2.45) is 11.8 Å². The molecule has 0 saturated heterocycles. The average molecular weight is 134 g/mol. The first kappa shape index (κ1) is 6.59. The molecule has 1 atom stereocenters. The molecule has 9 heavy (non-hydrogen) atoms. The van der Waals surface area contributed by atoms with Gasteiger partial charge in [-0.3, -0.25) is 4.79 Å².